The van der Waals surface area contributed by atoms with Gasteiger partial charge in [0, 0.05) is 5.56 Å². The number of benzene rings is 2. The average molecular weight is 366 g/mol. The summed E-state index contributed by atoms with van der Waals surface area (Å²) in [6.45, 7) is -0.231. The van der Waals surface area contributed by atoms with E-state index < -0.39 is 5.97 Å². The van der Waals surface area contributed by atoms with Gasteiger partial charge in [-0.3, -0.25) is 9.59 Å². The second kappa shape index (κ2) is 9.36. The maximum atomic E-state index is 12.3. The van der Waals surface area contributed by atoms with Crippen LogP contribution in [0.1, 0.15) is 59.5 Å². The van der Waals surface area contributed by atoms with Gasteiger partial charge in [0.1, 0.15) is 5.75 Å². The fraction of sp³-hybridized carbons (Fsp3) is 0.391. The van der Waals surface area contributed by atoms with Gasteiger partial charge in [-0.05, 0) is 42.0 Å². The van der Waals surface area contributed by atoms with Crippen molar-refractivity contribution in [3.8, 4) is 5.75 Å². The smallest absolute Gasteiger partial charge is 0.310 e. The molecule has 4 nitrogen and oxygen atoms in total. The third-order valence-electron chi connectivity index (χ3n) is 5.16. The Labute approximate surface area is 160 Å². The van der Waals surface area contributed by atoms with Gasteiger partial charge in [0.2, 0.25) is 0 Å². The van der Waals surface area contributed by atoms with E-state index in [1.54, 1.807) is 13.2 Å². The second-order valence-corrected chi connectivity index (χ2v) is 7.07. The molecule has 0 spiro atoms. The Bertz CT molecular complexity index is 773. The van der Waals surface area contributed by atoms with E-state index in [0.717, 1.165) is 5.56 Å². The summed E-state index contributed by atoms with van der Waals surface area (Å²) in [5, 5.41) is 0. The lowest BCUT2D eigenvalue weighted by Gasteiger charge is -2.22. The van der Waals surface area contributed by atoms with Crippen LogP contribution in [0.15, 0.2) is 48.5 Å². The number of hydrogen-bond donors (Lipinski definition) is 0. The van der Waals surface area contributed by atoms with Crippen molar-refractivity contribution in [3.05, 3.63) is 65.2 Å². The van der Waals surface area contributed by atoms with Gasteiger partial charge in [0.25, 0.3) is 0 Å². The van der Waals surface area contributed by atoms with Gasteiger partial charge in [-0.1, -0.05) is 55.7 Å². The van der Waals surface area contributed by atoms with Gasteiger partial charge in [0.05, 0.1) is 13.5 Å². The van der Waals surface area contributed by atoms with Crippen LogP contribution < -0.4 is 4.74 Å². The number of carbonyl (C=O) groups is 2. The standard InChI is InChI=1S/C23H26O4/c1-26-21-9-5-6-17(14-21)15-23(25)27-16-22(24)20-12-10-19(11-13-20)18-7-3-2-4-8-18/h5-6,9-14,18H,2-4,7-8,15-16H2,1H3. The molecular formula is C23H26O4. The van der Waals surface area contributed by atoms with Crippen molar-refractivity contribution in [3.63, 3.8) is 0 Å². The molecular weight excluding hydrogens is 340 g/mol. The number of rotatable bonds is 7. The number of methoxy groups -OCH3 is 1. The summed E-state index contributed by atoms with van der Waals surface area (Å²) < 4.78 is 10.3. The molecule has 3 rings (SSSR count). The van der Waals surface area contributed by atoms with Crippen molar-refractivity contribution in [1.29, 1.82) is 0 Å². The Morgan fingerprint density at radius 3 is 2.44 bits per heavy atom. The van der Waals surface area contributed by atoms with Crippen molar-refractivity contribution < 1.29 is 19.1 Å². The number of hydrogen-bond acceptors (Lipinski definition) is 4. The van der Waals surface area contributed by atoms with Crippen molar-refractivity contribution >= 4 is 11.8 Å². The van der Waals surface area contributed by atoms with E-state index in [-0.39, 0.29) is 18.8 Å². The summed E-state index contributed by atoms with van der Waals surface area (Å²) in [6.07, 6.45) is 6.48. The summed E-state index contributed by atoms with van der Waals surface area (Å²) in [5.74, 6) is 0.706. The number of ketones is 1. The van der Waals surface area contributed by atoms with E-state index in [1.807, 2.05) is 42.5 Å². The molecule has 0 aliphatic heterocycles. The summed E-state index contributed by atoms with van der Waals surface area (Å²) in [7, 11) is 1.58. The van der Waals surface area contributed by atoms with Crippen LogP contribution in [0.5, 0.6) is 5.75 Å². The van der Waals surface area contributed by atoms with Crippen molar-refractivity contribution in [2.75, 3.05) is 13.7 Å². The molecule has 0 saturated heterocycles. The van der Waals surface area contributed by atoms with Crippen LogP contribution in [0.3, 0.4) is 0 Å². The highest BCUT2D eigenvalue weighted by Crippen LogP contribution is 2.32. The van der Waals surface area contributed by atoms with Gasteiger partial charge < -0.3 is 9.47 Å². The van der Waals surface area contributed by atoms with Crippen molar-refractivity contribution in [2.45, 2.75) is 44.4 Å². The average Bonchev–Trinajstić information content (AvgIpc) is 2.73. The van der Waals surface area contributed by atoms with Crippen LogP contribution in [0, 0.1) is 0 Å². The summed E-state index contributed by atoms with van der Waals surface area (Å²) in [4.78, 5) is 24.3. The van der Waals surface area contributed by atoms with Gasteiger partial charge in [0.15, 0.2) is 12.4 Å². The number of Topliss-reactive ketones (excluding diaryl/α,β-unsaturated/α-hetero) is 1. The molecule has 4 heteroatoms. The molecule has 1 fully saturated rings. The predicted octanol–water partition coefficient (Wildman–Crippen LogP) is 4.71. The minimum absolute atomic E-state index is 0.116. The van der Waals surface area contributed by atoms with E-state index >= 15 is 0 Å². The topological polar surface area (TPSA) is 52.6 Å². The molecule has 0 heterocycles. The first-order valence-electron chi connectivity index (χ1n) is 9.57. The molecule has 1 aliphatic rings. The van der Waals surface area contributed by atoms with Gasteiger partial charge in [-0.25, -0.2) is 0 Å². The van der Waals surface area contributed by atoms with E-state index in [4.69, 9.17) is 9.47 Å². The molecule has 0 N–H and O–H groups in total. The van der Waals surface area contributed by atoms with Crippen LogP contribution in [-0.4, -0.2) is 25.5 Å². The Kier molecular flexibility index (Phi) is 6.64. The Morgan fingerprint density at radius 1 is 1.00 bits per heavy atom. The number of carbonyl (C=O) groups excluding carboxylic acids is 2. The largest absolute Gasteiger partial charge is 0.497 e. The van der Waals surface area contributed by atoms with Crippen molar-refractivity contribution in [2.24, 2.45) is 0 Å². The Hall–Kier alpha value is -2.62. The number of esters is 1. The zero-order chi connectivity index (χ0) is 19.1. The van der Waals surface area contributed by atoms with E-state index in [9.17, 15) is 9.59 Å². The molecule has 0 aromatic heterocycles. The lowest BCUT2D eigenvalue weighted by Crippen LogP contribution is -2.16. The Balaban J connectivity index is 1.50. The zero-order valence-corrected chi connectivity index (χ0v) is 15.8. The SMILES string of the molecule is COc1cccc(CC(=O)OCC(=O)c2ccc(C3CCCCC3)cc2)c1. The van der Waals surface area contributed by atoms with Gasteiger partial charge in [-0.15, -0.1) is 0 Å². The van der Waals surface area contributed by atoms with Crippen LogP contribution in [0.4, 0.5) is 0 Å². The Morgan fingerprint density at radius 2 is 1.74 bits per heavy atom. The van der Waals surface area contributed by atoms with Crippen LogP contribution >= 0.6 is 0 Å². The minimum atomic E-state index is -0.421. The molecule has 2 aromatic rings. The third kappa shape index (κ3) is 5.43. The predicted molar refractivity (Wildman–Crippen MR) is 104 cm³/mol. The van der Waals surface area contributed by atoms with Gasteiger partial charge in [-0.2, -0.15) is 0 Å². The first-order chi connectivity index (χ1) is 13.2. The number of ether oxygens (including phenoxy) is 2. The molecule has 27 heavy (non-hydrogen) atoms. The normalized spacial score (nSPS) is 14.6. The highest BCUT2D eigenvalue weighted by Gasteiger charge is 2.16. The quantitative estimate of drug-likeness (QED) is 0.526. The molecule has 0 radical (unpaired) electrons. The summed E-state index contributed by atoms with van der Waals surface area (Å²) >= 11 is 0. The van der Waals surface area contributed by atoms with Crippen molar-refractivity contribution in [1.82, 2.24) is 0 Å². The summed E-state index contributed by atoms with van der Waals surface area (Å²) in [5.41, 5.74) is 2.69. The highest BCUT2D eigenvalue weighted by atomic mass is 16.5. The van der Waals surface area contributed by atoms with E-state index in [1.165, 1.54) is 37.7 Å². The monoisotopic (exact) mass is 366 g/mol. The van der Waals surface area contributed by atoms with Crippen LogP contribution in [-0.2, 0) is 16.0 Å². The zero-order valence-electron chi connectivity index (χ0n) is 15.8. The molecule has 0 amide bonds. The van der Waals surface area contributed by atoms with Crippen LogP contribution in [0.25, 0.3) is 0 Å². The first kappa shape index (κ1) is 19.2. The summed E-state index contributed by atoms with van der Waals surface area (Å²) in [6, 6.07) is 15.0. The molecule has 2 aromatic carbocycles. The molecule has 1 saturated carbocycles. The van der Waals surface area contributed by atoms with Crippen LogP contribution in [0.2, 0.25) is 0 Å². The maximum Gasteiger partial charge on any atom is 0.310 e. The molecule has 0 atom stereocenters. The molecule has 142 valence electrons. The minimum Gasteiger partial charge on any atom is -0.497 e. The molecule has 0 bridgehead atoms. The van der Waals surface area contributed by atoms with E-state index in [2.05, 4.69) is 0 Å². The fourth-order valence-electron chi connectivity index (χ4n) is 3.61. The lowest BCUT2D eigenvalue weighted by molar-refractivity contribution is -0.141. The lowest BCUT2D eigenvalue weighted by atomic mass is 9.84. The third-order valence-corrected chi connectivity index (χ3v) is 5.16. The maximum absolute atomic E-state index is 12.3. The molecule has 0 unspecified atom stereocenters. The molecule has 1 aliphatic carbocycles. The second-order valence-electron chi connectivity index (χ2n) is 7.07. The first-order valence-corrected chi connectivity index (χ1v) is 9.57. The fourth-order valence-corrected chi connectivity index (χ4v) is 3.61. The van der Waals surface area contributed by atoms with Gasteiger partial charge >= 0.3 is 5.97 Å². The van der Waals surface area contributed by atoms with E-state index in [0.29, 0.717) is 17.2 Å². The highest BCUT2D eigenvalue weighted by molar-refractivity contribution is 5.98.